The Kier molecular flexibility index (Phi) is 5.29. The lowest BCUT2D eigenvalue weighted by Gasteiger charge is -2.34. The molecule has 0 saturated carbocycles. The first-order valence-electron chi connectivity index (χ1n) is 9.40. The lowest BCUT2D eigenvalue weighted by atomic mass is 10.1. The van der Waals surface area contributed by atoms with Gasteiger partial charge in [-0.2, -0.15) is 0 Å². The molecule has 0 aliphatic carbocycles. The molecule has 7 nitrogen and oxygen atoms in total. The second-order valence-electron chi connectivity index (χ2n) is 6.76. The molecule has 0 atom stereocenters. The molecule has 0 N–H and O–H groups in total. The lowest BCUT2D eigenvalue weighted by Crippen LogP contribution is -2.50. The van der Waals surface area contributed by atoms with Crippen molar-refractivity contribution >= 4 is 11.8 Å². The number of carbonyl (C=O) groups excluding carboxylic acids is 2. The number of amides is 2. The highest BCUT2D eigenvalue weighted by molar-refractivity contribution is 5.95. The van der Waals surface area contributed by atoms with Crippen molar-refractivity contribution in [3.63, 3.8) is 0 Å². The predicted molar refractivity (Wildman–Crippen MR) is 107 cm³/mol. The fourth-order valence-corrected chi connectivity index (χ4v) is 3.33. The third-order valence-corrected chi connectivity index (χ3v) is 4.96. The highest BCUT2D eigenvalue weighted by Gasteiger charge is 2.27. The number of nitrogens with zero attached hydrogens (tertiary/aromatic N) is 3. The van der Waals surface area contributed by atoms with Crippen LogP contribution in [0.4, 0.5) is 0 Å². The number of methoxy groups -OCH3 is 1. The summed E-state index contributed by atoms with van der Waals surface area (Å²) in [6.07, 6.45) is 0. The largest absolute Gasteiger partial charge is 0.497 e. The molecule has 2 heterocycles. The van der Waals surface area contributed by atoms with Gasteiger partial charge in [-0.05, 0) is 18.2 Å². The van der Waals surface area contributed by atoms with E-state index in [2.05, 4.69) is 5.16 Å². The summed E-state index contributed by atoms with van der Waals surface area (Å²) >= 11 is 0. The first-order valence-corrected chi connectivity index (χ1v) is 9.40. The first-order chi connectivity index (χ1) is 14.2. The molecule has 2 aromatic carbocycles. The molecule has 1 fully saturated rings. The van der Waals surface area contributed by atoms with Crippen molar-refractivity contribution in [3.05, 3.63) is 71.9 Å². The molecule has 0 radical (unpaired) electrons. The second-order valence-corrected chi connectivity index (χ2v) is 6.76. The van der Waals surface area contributed by atoms with Crippen LogP contribution in [-0.2, 0) is 0 Å². The van der Waals surface area contributed by atoms with E-state index in [-0.39, 0.29) is 17.5 Å². The molecule has 29 heavy (non-hydrogen) atoms. The van der Waals surface area contributed by atoms with Crippen LogP contribution in [0.15, 0.2) is 65.2 Å². The van der Waals surface area contributed by atoms with Gasteiger partial charge < -0.3 is 19.1 Å². The minimum absolute atomic E-state index is 0.0659. The van der Waals surface area contributed by atoms with Gasteiger partial charge in [0.25, 0.3) is 11.8 Å². The van der Waals surface area contributed by atoms with Gasteiger partial charge in [0.1, 0.15) is 5.75 Å². The van der Waals surface area contributed by atoms with Crippen LogP contribution < -0.4 is 4.74 Å². The summed E-state index contributed by atoms with van der Waals surface area (Å²) in [5.41, 5.74) is 1.72. The SMILES string of the molecule is COc1cccc(C(=O)N2CCN(C(=O)c3cc(-c4ccccc4)on3)CC2)c1. The topological polar surface area (TPSA) is 75.9 Å². The number of hydrogen-bond donors (Lipinski definition) is 0. The van der Waals surface area contributed by atoms with Crippen molar-refractivity contribution in [2.75, 3.05) is 33.3 Å². The Labute approximate surface area is 168 Å². The van der Waals surface area contributed by atoms with Gasteiger partial charge in [-0.25, -0.2) is 0 Å². The Morgan fingerprint density at radius 1 is 0.897 bits per heavy atom. The summed E-state index contributed by atoms with van der Waals surface area (Å²) in [7, 11) is 1.57. The van der Waals surface area contributed by atoms with E-state index < -0.39 is 0 Å². The summed E-state index contributed by atoms with van der Waals surface area (Å²) in [4.78, 5) is 28.9. The smallest absolute Gasteiger partial charge is 0.276 e. The van der Waals surface area contributed by atoms with E-state index in [4.69, 9.17) is 9.26 Å². The maximum absolute atomic E-state index is 12.8. The Bertz CT molecular complexity index is 1010. The molecule has 0 bridgehead atoms. The van der Waals surface area contributed by atoms with Gasteiger partial charge in [0, 0.05) is 43.4 Å². The Morgan fingerprint density at radius 2 is 1.59 bits per heavy atom. The first kappa shape index (κ1) is 18.7. The minimum atomic E-state index is -0.190. The molecule has 7 heteroatoms. The molecule has 2 amide bonds. The van der Waals surface area contributed by atoms with E-state index in [1.54, 1.807) is 47.2 Å². The van der Waals surface area contributed by atoms with E-state index in [9.17, 15) is 9.59 Å². The molecule has 148 valence electrons. The average Bonchev–Trinajstić information content (AvgIpc) is 3.29. The maximum atomic E-state index is 12.8. The minimum Gasteiger partial charge on any atom is -0.497 e. The maximum Gasteiger partial charge on any atom is 0.276 e. The number of aromatic nitrogens is 1. The zero-order chi connectivity index (χ0) is 20.2. The van der Waals surface area contributed by atoms with Crippen LogP contribution in [0.25, 0.3) is 11.3 Å². The molecular weight excluding hydrogens is 370 g/mol. The number of ether oxygens (including phenoxy) is 1. The zero-order valence-corrected chi connectivity index (χ0v) is 16.1. The van der Waals surface area contributed by atoms with Crippen LogP contribution in [0, 0.1) is 0 Å². The van der Waals surface area contributed by atoms with Gasteiger partial charge in [0.15, 0.2) is 11.5 Å². The van der Waals surface area contributed by atoms with E-state index in [1.807, 2.05) is 30.3 Å². The molecule has 4 rings (SSSR count). The van der Waals surface area contributed by atoms with Crippen LogP contribution >= 0.6 is 0 Å². The lowest BCUT2D eigenvalue weighted by molar-refractivity contribution is 0.0529. The van der Waals surface area contributed by atoms with Gasteiger partial charge in [-0.15, -0.1) is 0 Å². The number of benzene rings is 2. The Morgan fingerprint density at radius 3 is 2.28 bits per heavy atom. The molecule has 1 saturated heterocycles. The van der Waals surface area contributed by atoms with E-state index in [0.717, 1.165) is 5.56 Å². The van der Waals surface area contributed by atoms with Crippen molar-refractivity contribution in [2.45, 2.75) is 0 Å². The standard InChI is InChI=1S/C22H21N3O4/c1-28-18-9-5-8-17(14-18)21(26)24-10-12-25(13-11-24)22(27)19-15-20(29-23-19)16-6-3-2-4-7-16/h2-9,14-15H,10-13H2,1H3. The van der Waals surface area contributed by atoms with Crippen molar-refractivity contribution < 1.29 is 18.8 Å². The Hall–Kier alpha value is -3.61. The fraction of sp³-hybridized carbons (Fsp3) is 0.227. The second kappa shape index (κ2) is 8.18. The molecular formula is C22H21N3O4. The summed E-state index contributed by atoms with van der Waals surface area (Å²) < 4.78 is 10.5. The van der Waals surface area contributed by atoms with Crippen molar-refractivity contribution in [1.29, 1.82) is 0 Å². The zero-order valence-electron chi connectivity index (χ0n) is 16.1. The van der Waals surface area contributed by atoms with Crippen molar-refractivity contribution in [2.24, 2.45) is 0 Å². The van der Waals surface area contributed by atoms with Crippen LogP contribution in [-0.4, -0.2) is 60.1 Å². The third-order valence-electron chi connectivity index (χ3n) is 4.96. The van der Waals surface area contributed by atoms with E-state index >= 15 is 0 Å². The number of piperazine rings is 1. The molecule has 3 aromatic rings. The number of rotatable bonds is 4. The number of carbonyl (C=O) groups is 2. The monoisotopic (exact) mass is 391 g/mol. The summed E-state index contributed by atoms with van der Waals surface area (Å²) in [5, 5.41) is 3.93. The fourth-order valence-electron chi connectivity index (χ4n) is 3.33. The summed E-state index contributed by atoms with van der Waals surface area (Å²) in [5.74, 6) is 0.943. The molecule has 1 aromatic heterocycles. The predicted octanol–water partition coefficient (Wildman–Crippen LogP) is 2.95. The molecule has 0 spiro atoms. The summed E-state index contributed by atoms with van der Waals surface area (Å²) in [6.45, 7) is 1.82. The highest BCUT2D eigenvalue weighted by atomic mass is 16.5. The summed E-state index contributed by atoms with van der Waals surface area (Å²) in [6, 6.07) is 18.3. The van der Waals surface area contributed by atoms with Gasteiger partial charge in [-0.1, -0.05) is 41.6 Å². The van der Waals surface area contributed by atoms with Crippen LogP contribution in [0.1, 0.15) is 20.8 Å². The van der Waals surface area contributed by atoms with E-state index in [0.29, 0.717) is 43.3 Å². The van der Waals surface area contributed by atoms with Crippen molar-refractivity contribution in [3.8, 4) is 17.1 Å². The number of hydrogen-bond acceptors (Lipinski definition) is 5. The normalized spacial score (nSPS) is 14.0. The van der Waals surface area contributed by atoms with Gasteiger partial charge in [0.2, 0.25) is 0 Å². The van der Waals surface area contributed by atoms with Crippen LogP contribution in [0.5, 0.6) is 5.75 Å². The highest BCUT2D eigenvalue weighted by Crippen LogP contribution is 2.21. The third kappa shape index (κ3) is 3.99. The van der Waals surface area contributed by atoms with Crippen molar-refractivity contribution in [1.82, 2.24) is 15.0 Å². The molecule has 1 aliphatic rings. The Balaban J connectivity index is 1.39. The van der Waals surface area contributed by atoms with Gasteiger partial charge in [-0.3, -0.25) is 9.59 Å². The quantitative estimate of drug-likeness (QED) is 0.684. The van der Waals surface area contributed by atoms with E-state index in [1.165, 1.54) is 0 Å². The van der Waals surface area contributed by atoms with Crippen LogP contribution in [0.2, 0.25) is 0 Å². The molecule has 1 aliphatic heterocycles. The van der Waals surface area contributed by atoms with Gasteiger partial charge >= 0.3 is 0 Å². The van der Waals surface area contributed by atoms with Crippen LogP contribution in [0.3, 0.4) is 0 Å². The molecule has 0 unspecified atom stereocenters. The van der Waals surface area contributed by atoms with Gasteiger partial charge in [0.05, 0.1) is 7.11 Å². The average molecular weight is 391 g/mol.